The number of aryl methyl sites for hydroxylation is 1. The van der Waals surface area contributed by atoms with Crippen LogP contribution < -0.4 is 20.1 Å². The largest absolute Gasteiger partial charge is 0.488 e. The number of hydrogen-bond acceptors (Lipinski definition) is 8. The van der Waals surface area contributed by atoms with Gasteiger partial charge in [0.15, 0.2) is 5.13 Å². The molecule has 2 aromatic heterocycles. The van der Waals surface area contributed by atoms with Crippen LogP contribution in [0.3, 0.4) is 0 Å². The Morgan fingerprint density at radius 3 is 2.79 bits per heavy atom. The smallest absolute Gasteiger partial charge is 0.345 e. The molecule has 4 rings (SSSR count). The van der Waals surface area contributed by atoms with E-state index in [1.54, 1.807) is 18.2 Å². The van der Waals surface area contributed by atoms with Gasteiger partial charge in [-0.3, -0.25) is 0 Å². The van der Waals surface area contributed by atoms with Crippen LogP contribution in [0.15, 0.2) is 48.8 Å². The molecule has 0 atom stereocenters. The average molecular weight is 521 g/mol. The Morgan fingerprint density at radius 1 is 1.18 bits per heavy atom. The van der Waals surface area contributed by atoms with Gasteiger partial charge in [0.25, 0.3) is 0 Å². The van der Waals surface area contributed by atoms with Crippen LogP contribution in [0.25, 0.3) is 10.9 Å². The Morgan fingerprint density at radius 2 is 2.03 bits per heavy atom. The molecule has 9 nitrogen and oxygen atoms in total. The second-order valence-electron chi connectivity index (χ2n) is 7.48. The van der Waals surface area contributed by atoms with Crippen molar-refractivity contribution in [2.75, 3.05) is 29.7 Å². The van der Waals surface area contributed by atoms with Crippen LogP contribution in [0, 0.1) is 6.92 Å². The topological polar surface area (TPSA) is 110 Å². The van der Waals surface area contributed by atoms with Gasteiger partial charge >= 0.3 is 10.2 Å². The molecule has 0 bridgehead atoms. The number of aromatic nitrogens is 3. The number of rotatable bonds is 11. The third-order valence-corrected chi connectivity index (χ3v) is 7.34. The summed E-state index contributed by atoms with van der Waals surface area (Å²) in [5, 5.41) is 11.6. The van der Waals surface area contributed by atoms with Gasteiger partial charge in [0.05, 0.1) is 23.3 Å². The van der Waals surface area contributed by atoms with Crippen LogP contribution in [0.5, 0.6) is 5.75 Å². The highest BCUT2D eigenvalue weighted by atomic mass is 35.5. The van der Waals surface area contributed by atoms with Gasteiger partial charge in [-0.15, -0.1) is 4.09 Å². The minimum absolute atomic E-state index is 0.162. The normalized spacial score (nSPS) is 11.6. The van der Waals surface area contributed by atoms with Crippen molar-refractivity contribution in [1.29, 1.82) is 0 Å². The van der Waals surface area contributed by atoms with Crippen molar-refractivity contribution in [3.63, 3.8) is 0 Å². The zero-order valence-corrected chi connectivity index (χ0v) is 21.1. The third-order valence-electron chi connectivity index (χ3n) is 4.98. The fourth-order valence-corrected chi connectivity index (χ4v) is 5.47. The van der Waals surface area contributed by atoms with Crippen molar-refractivity contribution < 1.29 is 13.2 Å². The fourth-order valence-electron chi connectivity index (χ4n) is 3.37. The van der Waals surface area contributed by atoms with E-state index in [-0.39, 0.29) is 5.13 Å². The molecule has 180 valence electrons. The number of fused-ring (bicyclic) bond motifs is 1. The number of ether oxygens (including phenoxy) is 1. The van der Waals surface area contributed by atoms with E-state index in [1.165, 1.54) is 12.4 Å². The summed E-state index contributed by atoms with van der Waals surface area (Å²) in [6.07, 6.45) is 2.86. The predicted molar refractivity (Wildman–Crippen MR) is 137 cm³/mol. The summed E-state index contributed by atoms with van der Waals surface area (Å²) in [7, 11) is -4.02. The van der Waals surface area contributed by atoms with Crippen molar-refractivity contribution in [1.82, 2.24) is 19.5 Å². The molecule has 0 aliphatic carbocycles. The minimum atomic E-state index is -4.02. The van der Waals surface area contributed by atoms with Crippen molar-refractivity contribution in [3.05, 3.63) is 64.3 Å². The van der Waals surface area contributed by atoms with Gasteiger partial charge in [-0.25, -0.2) is 9.71 Å². The van der Waals surface area contributed by atoms with Gasteiger partial charge in [-0.2, -0.15) is 13.5 Å². The number of thiazole rings is 1. The van der Waals surface area contributed by atoms with Gasteiger partial charge in [0.1, 0.15) is 16.7 Å². The van der Waals surface area contributed by atoms with Crippen molar-refractivity contribution in [2.24, 2.45) is 0 Å². The lowest BCUT2D eigenvalue weighted by Gasteiger charge is -2.15. The van der Waals surface area contributed by atoms with E-state index in [2.05, 4.69) is 38.4 Å². The summed E-state index contributed by atoms with van der Waals surface area (Å²) in [6, 6.07) is 11.4. The van der Waals surface area contributed by atoms with E-state index >= 15 is 0 Å². The Hall–Kier alpha value is -2.86. The van der Waals surface area contributed by atoms with Gasteiger partial charge in [-0.05, 0) is 37.2 Å². The summed E-state index contributed by atoms with van der Waals surface area (Å²) in [5.74, 6) is 0.537. The SMILES string of the molecule is CCNCCNc1cc(C)ccc1COc1cccc2c1cnn2S(=O)(=O)Nc1ncc(Cl)s1. The van der Waals surface area contributed by atoms with Crippen LogP contribution >= 0.6 is 22.9 Å². The highest BCUT2D eigenvalue weighted by Gasteiger charge is 2.20. The maximum absolute atomic E-state index is 12.9. The molecule has 0 aliphatic heterocycles. The molecule has 2 heterocycles. The first-order valence-corrected chi connectivity index (χ1v) is 13.3. The van der Waals surface area contributed by atoms with Crippen LogP contribution in [0.4, 0.5) is 10.8 Å². The number of benzene rings is 2. The molecule has 4 aromatic rings. The molecular weight excluding hydrogens is 496 g/mol. The molecule has 12 heteroatoms. The molecule has 0 amide bonds. The van der Waals surface area contributed by atoms with Crippen LogP contribution in [-0.4, -0.2) is 42.2 Å². The van der Waals surface area contributed by atoms with E-state index in [9.17, 15) is 8.42 Å². The molecule has 0 aliphatic rings. The monoisotopic (exact) mass is 520 g/mol. The van der Waals surface area contributed by atoms with Crippen LogP contribution in [0.2, 0.25) is 4.34 Å². The molecule has 0 fully saturated rings. The quantitative estimate of drug-likeness (QED) is 0.253. The van der Waals surface area contributed by atoms with E-state index in [0.717, 1.165) is 51.9 Å². The number of likely N-dealkylation sites (N-methyl/N-ethyl adjacent to an activating group) is 1. The lowest BCUT2D eigenvalue weighted by atomic mass is 10.1. The molecule has 0 spiro atoms. The molecule has 0 unspecified atom stereocenters. The number of anilines is 2. The average Bonchev–Trinajstić information content (AvgIpc) is 3.42. The first-order valence-electron chi connectivity index (χ1n) is 10.7. The molecular formula is C22H25ClN6O3S2. The van der Waals surface area contributed by atoms with E-state index in [1.807, 2.05) is 19.1 Å². The second-order valence-corrected chi connectivity index (χ2v) is 10.6. The molecule has 2 aromatic carbocycles. The van der Waals surface area contributed by atoms with Crippen molar-refractivity contribution in [2.45, 2.75) is 20.5 Å². The minimum Gasteiger partial charge on any atom is -0.488 e. The highest BCUT2D eigenvalue weighted by Crippen LogP contribution is 2.29. The Labute approximate surface area is 207 Å². The molecule has 0 saturated heterocycles. The van der Waals surface area contributed by atoms with Gasteiger partial charge in [0.2, 0.25) is 0 Å². The van der Waals surface area contributed by atoms with Gasteiger partial charge in [0, 0.05) is 24.3 Å². The predicted octanol–water partition coefficient (Wildman–Crippen LogP) is 4.26. The zero-order chi connectivity index (χ0) is 24.1. The summed E-state index contributed by atoms with van der Waals surface area (Å²) in [5.41, 5.74) is 3.55. The van der Waals surface area contributed by atoms with Crippen molar-refractivity contribution >= 4 is 54.9 Å². The number of hydrogen-bond donors (Lipinski definition) is 3. The van der Waals surface area contributed by atoms with Crippen LogP contribution in [0.1, 0.15) is 18.1 Å². The Bertz CT molecular complexity index is 1390. The number of halogens is 1. The molecule has 0 saturated carbocycles. The summed E-state index contributed by atoms with van der Waals surface area (Å²) < 4.78 is 35.5. The standard InChI is InChI=1S/C22H25ClN6O3S2/c1-3-24-9-10-25-18-11-15(2)7-8-16(18)14-32-20-6-4-5-19-17(20)12-27-29(19)34(30,31)28-22-26-13-21(23)33-22/h4-8,11-13,24-25H,3,9-10,14H2,1-2H3,(H,26,28). The summed E-state index contributed by atoms with van der Waals surface area (Å²) in [4.78, 5) is 3.94. The van der Waals surface area contributed by atoms with Crippen molar-refractivity contribution in [3.8, 4) is 5.75 Å². The van der Waals surface area contributed by atoms with Crippen LogP contribution in [-0.2, 0) is 16.8 Å². The number of nitrogens with one attached hydrogen (secondary N) is 3. The first-order chi connectivity index (χ1) is 16.4. The van der Waals surface area contributed by atoms with E-state index in [4.69, 9.17) is 16.3 Å². The summed E-state index contributed by atoms with van der Waals surface area (Å²) >= 11 is 6.88. The zero-order valence-electron chi connectivity index (χ0n) is 18.7. The van der Waals surface area contributed by atoms with Gasteiger partial charge < -0.3 is 15.4 Å². The fraction of sp³-hybridized carbons (Fsp3) is 0.273. The summed E-state index contributed by atoms with van der Waals surface area (Å²) in [6.45, 7) is 7.01. The van der Waals surface area contributed by atoms with Gasteiger partial charge in [-0.1, -0.05) is 48.1 Å². The maximum Gasteiger partial charge on any atom is 0.345 e. The molecule has 34 heavy (non-hydrogen) atoms. The highest BCUT2D eigenvalue weighted by molar-refractivity contribution is 7.91. The van der Waals surface area contributed by atoms with E-state index in [0.29, 0.717) is 27.6 Å². The maximum atomic E-state index is 12.9. The Balaban J connectivity index is 1.54. The first kappa shape index (κ1) is 24.3. The molecule has 3 N–H and O–H groups in total. The Kier molecular flexibility index (Phi) is 7.57. The number of nitrogens with zero attached hydrogens (tertiary/aromatic N) is 3. The molecule has 0 radical (unpaired) electrons. The lowest BCUT2D eigenvalue weighted by molar-refractivity contribution is 0.310. The second kappa shape index (κ2) is 10.6. The lowest BCUT2D eigenvalue weighted by Crippen LogP contribution is -2.22. The third kappa shape index (κ3) is 5.61. The van der Waals surface area contributed by atoms with E-state index < -0.39 is 10.2 Å².